The van der Waals surface area contributed by atoms with Crippen LogP contribution in [0, 0.1) is 11.8 Å². The van der Waals surface area contributed by atoms with Crippen LogP contribution in [0.3, 0.4) is 0 Å². The van der Waals surface area contributed by atoms with Gasteiger partial charge in [0.15, 0.2) is 0 Å². The number of hydrogen-bond donors (Lipinski definition) is 1. The first kappa shape index (κ1) is 13.0. The first-order valence-electron chi connectivity index (χ1n) is 5.92. The lowest BCUT2D eigenvalue weighted by atomic mass is 9.95. The molecule has 0 aliphatic carbocycles. The molecule has 1 aromatic rings. The maximum atomic E-state index is 4.36. The Kier molecular flexibility index (Phi) is 5.26. The second-order valence-electron chi connectivity index (χ2n) is 4.63. The molecule has 1 N–H and O–H groups in total. The first-order chi connectivity index (χ1) is 7.65. The average Bonchev–Trinajstić information content (AvgIpc) is 2.29. The Balaban J connectivity index is 2.58. The van der Waals surface area contributed by atoms with Gasteiger partial charge in [-0.25, -0.2) is 4.98 Å². The Morgan fingerprint density at radius 2 is 2.12 bits per heavy atom. The third-order valence-electron chi connectivity index (χ3n) is 2.96. The fraction of sp³-hybridized carbons (Fsp3) is 0.615. The summed E-state index contributed by atoms with van der Waals surface area (Å²) >= 11 is 0. The molecule has 0 amide bonds. The largest absolute Gasteiger partial charge is 0.359 e. The van der Waals surface area contributed by atoms with Crippen LogP contribution in [0.1, 0.15) is 13.8 Å². The molecule has 0 radical (unpaired) electrons. The molecule has 0 aliphatic rings. The van der Waals surface area contributed by atoms with E-state index < -0.39 is 0 Å². The first-order valence-corrected chi connectivity index (χ1v) is 5.92. The van der Waals surface area contributed by atoms with E-state index >= 15 is 0 Å². The highest BCUT2D eigenvalue weighted by atomic mass is 15.2. The normalized spacial score (nSPS) is 12.8. The molecule has 0 saturated heterocycles. The van der Waals surface area contributed by atoms with E-state index in [9.17, 15) is 0 Å². The molecule has 1 atom stereocenters. The van der Waals surface area contributed by atoms with Crippen LogP contribution in [0.25, 0.3) is 0 Å². The van der Waals surface area contributed by atoms with Crippen LogP contribution in [-0.4, -0.2) is 32.2 Å². The van der Waals surface area contributed by atoms with E-state index in [-0.39, 0.29) is 0 Å². The molecule has 3 heteroatoms. The smallest absolute Gasteiger partial charge is 0.128 e. The molecule has 0 aromatic carbocycles. The summed E-state index contributed by atoms with van der Waals surface area (Å²) in [6, 6.07) is 6.03. The minimum atomic E-state index is 0.650. The Bertz CT molecular complexity index is 284. The van der Waals surface area contributed by atoms with Crippen LogP contribution in [0.4, 0.5) is 5.82 Å². The molecule has 1 unspecified atom stereocenters. The second-order valence-corrected chi connectivity index (χ2v) is 4.63. The molecule has 1 rings (SSSR count). The quantitative estimate of drug-likeness (QED) is 0.796. The average molecular weight is 221 g/mol. The molecule has 1 heterocycles. The molecule has 0 saturated carbocycles. The summed E-state index contributed by atoms with van der Waals surface area (Å²) in [6.07, 6.45) is 1.84. The van der Waals surface area contributed by atoms with Crippen LogP contribution in [0.2, 0.25) is 0 Å². The maximum absolute atomic E-state index is 4.36. The fourth-order valence-electron chi connectivity index (χ4n) is 1.80. The standard InChI is InChI=1S/C13H23N3/c1-11(2)12(9-14-3)10-16(4)13-7-5-6-8-15-13/h5-8,11-12,14H,9-10H2,1-4H3. The third-order valence-corrected chi connectivity index (χ3v) is 2.96. The predicted molar refractivity (Wildman–Crippen MR) is 69.8 cm³/mol. The van der Waals surface area contributed by atoms with Gasteiger partial charge in [-0.05, 0) is 37.6 Å². The van der Waals surface area contributed by atoms with Crippen LogP contribution < -0.4 is 10.2 Å². The van der Waals surface area contributed by atoms with E-state index in [1.165, 1.54) is 0 Å². The van der Waals surface area contributed by atoms with Gasteiger partial charge in [-0.2, -0.15) is 0 Å². The summed E-state index contributed by atoms with van der Waals surface area (Å²) in [5.41, 5.74) is 0. The minimum absolute atomic E-state index is 0.650. The van der Waals surface area contributed by atoms with Crippen molar-refractivity contribution in [2.75, 3.05) is 32.1 Å². The lowest BCUT2D eigenvalue weighted by Crippen LogP contribution is -2.34. The van der Waals surface area contributed by atoms with Gasteiger partial charge < -0.3 is 10.2 Å². The van der Waals surface area contributed by atoms with Crippen molar-refractivity contribution in [2.24, 2.45) is 11.8 Å². The zero-order valence-corrected chi connectivity index (χ0v) is 10.8. The van der Waals surface area contributed by atoms with Crippen molar-refractivity contribution < 1.29 is 0 Å². The molecule has 3 nitrogen and oxygen atoms in total. The Hall–Kier alpha value is -1.09. The van der Waals surface area contributed by atoms with Crippen LogP contribution in [0.15, 0.2) is 24.4 Å². The summed E-state index contributed by atoms with van der Waals surface area (Å²) in [5.74, 6) is 2.37. The predicted octanol–water partition coefficient (Wildman–Crippen LogP) is 2.01. The summed E-state index contributed by atoms with van der Waals surface area (Å²) in [7, 11) is 4.11. The lowest BCUT2D eigenvalue weighted by Gasteiger charge is -2.27. The molecular weight excluding hydrogens is 198 g/mol. The molecule has 0 spiro atoms. The van der Waals surface area contributed by atoms with Gasteiger partial charge in [0.1, 0.15) is 5.82 Å². The van der Waals surface area contributed by atoms with E-state index in [0.717, 1.165) is 18.9 Å². The van der Waals surface area contributed by atoms with Crippen molar-refractivity contribution in [1.82, 2.24) is 10.3 Å². The SMILES string of the molecule is CNCC(CN(C)c1ccccn1)C(C)C. The lowest BCUT2D eigenvalue weighted by molar-refractivity contribution is 0.376. The third kappa shape index (κ3) is 3.81. The fourth-order valence-corrected chi connectivity index (χ4v) is 1.80. The minimum Gasteiger partial charge on any atom is -0.359 e. The van der Waals surface area contributed by atoms with E-state index in [4.69, 9.17) is 0 Å². The number of rotatable bonds is 6. The van der Waals surface area contributed by atoms with Gasteiger partial charge in [-0.3, -0.25) is 0 Å². The summed E-state index contributed by atoms with van der Waals surface area (Å²) in [6.45, 7) is 6.63. The molecular formula is C13H23N3. The number of aromatic nitrogens is 1. The molecule has 1 aromatic heterocycles. The van der Waals surface area contributed by atoms with Crippen molar-refractivity contribution in [3.8, 4) is 0 Å². The number of anilines is 1. The van der Waals surface area contributed by atoms with Crippen molar-refractivity contribution in [3.63, 3.8) is 0 Å². The zero-order valence-electron chi connectivity index (χ0n) is 10.8. The van der Waals surface area contributed by atoms with Crippen molar-refractivity contribution in [1.29, 1.82) is 0 Å². The maximum Gasteiger partial charge on any atom is 0.128 e. The van der Waals surface area contributed by atoms with E-state index in [2.05, 4.69) is 42.2 Å². The molecule has 16 heavy (non-hydrogen) atoms. The molecule has 90 valence electrons. The molecule has 0 aliphatic heterocycles. The van der Waals surface area contributed by atoms with Crippen LogP contribution in [0.5, 0.6) is 0 Å². The monoisotopic (exact) mass is 221 g/mol. The van der Waals surface area contributed by atoms with Gasteiger partial charge in [0.2, 0.25) is 0 Å². The summed E-state index contributed by atoms with van der Waals surface area (Å²) < 4.78 is 0. The highest BCUT2D eigenvalue weighted by molar-refractivity contribution is 5.36. The van der Waals surface area contributed by atoms with Crippen molar-refractivity contribution >= 4 is 5.82 Å². The van der Waals surface area contributed by atoms with Gasteiger partial charge in [0, 0.05) is 19.8 Å². The van der Waals surface area contributed by atoms with E-state index in [1.54, 1.807) is 0 Å². The Morgan fingerprint density at radius 3 is 2.62 bits per heavy atom. The number of nitrogens with zero attached hydrogens (tertiary/aromatic N) is 2. The van der Waals surface area contributed by atoms with Crippen LogP contribution in [-0.2, 0) is 0 Å². The second kappa shape index (κ2) is 6.48. The van der Waals surface area contributed by atoms with Crippen LogP contribution >= 0.6 is 0 Å². The zero-order chi connectivity index (χ0) is 12.0. The molecule has 0 bridgehead atoms. The molecule has 0 fully saturated rings. The van der Waals surface area contributed by atoms with Gasteiger partial charge in [0.25, 0.3) is 0 Å². The Morgan fingerprint density at radius 1 is 1.38 bits per heavy atom. The van der Waals surface area contributed by atoms with Gasteiger partial charge in [0.05, 0.1) is 0 Å². The topological polar surface area (TPSA) is 28.2 Å². The highest BCUT2D eigenvalue weighted by Crippen LogP contribution is 2.15. The number of nitrogens with one attached hydrogen (secondary N) is 1. The van der Waals surface area contributed by atoms with Gasteiger partial charge in [-0.15, -0.1) is 0 Å². The number of hydrogen-bond acceptors (Lipinski definition) is 3. The van der Waals surface area contributed by atoms with Gasteiger partial charge in [-0.1, -0.05) is 19.9 Å². The van der Waals surface area contributed by atoms with E-state index in [1.807, 2.05) is 25.4 Å². The van der Waals surface area contributed by atoms with Gasteiger partial charge >= 0.3 is 0 Å². The Labute approximate surface area is 98.9 Å². The highest BCUT2D eigenvalue weighted by Gasteiger charge is 2.15. The summed E-state index contributed by atoms with van der Waals surface area (Å²) in [4.78, 5) is 6.58. The van der Waals surface area contributed by atoms with E-state index in [0.29, 0.717) is 11.8 Å². The van der Waals surface area contributed by atoms with Crippen molar-refractivity contribution in [3.05, 3.63) is 24.4 Å². The number of pyridine rings is 1. The summed E-state index contributed by atoms with van der Waals surface area (Å²) in [5, 5.41) is 3.26. The van der Waals surface area contributed by atoms with Crippen molar-refractivity contribution in [2.45, 2.75) is 13.8 Å².